The number of ether oxygens (including phenoxy) is 1. The SMILES string of the molecule is Cc1cc(O)cc(O)c1C1CC(=O)c2c(O)cc(O)cc2O1. The number of carbonyl (C=O) groups excluding carboxylic acids is 1. The van der Waals surface area contributed by atoms with E-state index in [1.165, 1.54) is 18.2 Å². The van der Waals surface area contributed by atoms with Gasteiger partial charge in [-0.3, -0.25) is 4.79 Å². The molecule has 2 aromatic rings. The van der Waals surface area contributed by atoms with Crippen LogP contribution < -0.4 is 4.74 Å². The monoisotopic (exact) mass is 302 g/mol. The molecule has 1 aliphatic heterocycles. The molecule has 1 unspecified atom stereocenters. The Labute approximate surface area is 125 Å². The van der Waals surface area contributed by atoms with Crippen LogP contribution in [-0.2, 0) is 0 Å². The van der Waals surface area contributed by atoms with Crippen LogP contribution in [0.1, 0.15) is 34.0 Å². The number of hydrogen-bond acceptors (Lipinski definition) is 6. The number of aromatic hydroxyl groups is 4. The van der Waals surface area contributed by atoms with Crippen molar-refractivity contribution >= 4 is 5.78 Å². The Kier molecular flexibility index (Phi) is 3.09. The van der Waals surface area contributed by atoms with E-state index in [1.807, 2.05) is 0 Å². The average molecular weight is 302 g/mol. The predicted octanol–water partition coefficient (Wildman–Crippen LogP) is 2.52. The van der Waals surface area contributed by atoms with Gasteiger partial charge in [-0.2, -0.15) is 0 Å². The predicted molar refractivity (Wildman–Crippen MR) is 76.6 cm³/mol. The first-order chi connectivity index (χ1) is 10.4. The molecule has 22 heavy (non-hydrogen) atoms. The van der Waals surface area contributed by atoms with E-state index in [4.69, 9.17) is 4.74 Å². The summed E-state index contributed by atoms with van der Waals surface area (Å²) in [6, 6.07) is 4.94. The summed E-state index contributed by atoms with van der Waals surface area (Å²) in [6.45, 7) is 1.68. The summed E-state index contributed by atoms with van der Waals surface area (Å²) in [7, 11) is 0. The minimum atomic E-state index is -0.762. The molecule has 0 amide bonds. The second kappa shape index (κ2) is 4.84. The van der Waals surface area contributed by atoms with Crippen molar-refractivity contribution in [2.75, 3.05) is 0 Å². The highest BCUT2D eigenvalue weighted by atomic mass is 16.5. The average Bonchev–Trinajstić information content (AvgIpc) is 2.35. The summed E-state index contributed by atoms with van der Waals surface area (Å²) in [5.74, 6) is -1.12. The van der Waals surface area contributed by atoms with E-state index in [-0.39, 0.29) is 46.5 Å². The van der Waals surface area contributed by atoms with Crippen molar-refractivity contribution in [3.63, 3.8) is 0 Å². The number of ketones is 1. The lowest BCUT2D eigenvalue weighted by Gasteiger charge is -2.27. The summed E-state index contributed by atoms with van der Waals surface area (Å²) in [5.41, 5.74) is 0.979. The molecular weight excluding hydrogens is 288 g/mol. The molecule has 114 valence electrons. The maximum Gasteiger partial charge on any atom is 0.174 e. The Balaban J connectivity index is 2.08. The third kappa shape index (κ3) is 2.18. The highest BCUT2D eigenvalue weighted by molar-refractivity contribution is 6.02. The molecular formula is C16H14O6. The smallest absolute Gasteiger partial charge is 0.174 e. The summed E-state index contributed by atoms with van der Waals surface area (Å²) in [4.78, 5) is 12.2. The third-order valence-electron chi connectivity index (χ3n) is 3.66. The molecule has 1 heterocycles. The number of rotatable bonds is 1. The Bertz CT molecular complexity index is 757. The molecule has 3 rings (SSSR count). The quantitative estimate of drug-likeness (QED) is 0.645. The van der Waals surface area contributed by atoms with Crippen LogP contribution in [0.25, 0.3) is 0 Å². The van der Waals surface area contributed by atoms with Gasteiger partial charge in [0.25, 0.3) is 0 Å². The van der Waals surface area contributed by atoms with E-state index < -0.39 is 6.10 Å². The molecule has 0 saturated carbocycles. The van der Waals surface area contributed by atoms with Crippen LogP contribution in [0, 0.1) is 6.92 Å². The maximum atomic E-state index is 12.2. The fourth-order valence-electron chi connectivity index (χ4n) is 2.77. The second-order valence-electron chi connectivity index (χ2n) is 5.27. The van der Waals surface area contributed by atoms with Gasteiger partial charge in [0.05, 0.1) is 6.42 Å². The minimum Gasteiger partial charge on any atom is -0.508 e. The molecule has 1 aliphatic rings. The number of phenols is 4. The van der Waals surface area contributed by atoms with Crippen molar-refractivity contribution in [3.05, 3.63) is 41.0 Å². The van der Waals surface area contributed by atoms with E-state index in [0.717, 1.165) is 6.07 Å². The van der Waals surface area contributed by atoms with Crippen LogP contribution in [0.4, 0.5) is 0 Å². The van der Waals surface area contributed by atoms with Gasteiger partial charge in [-0.15, -0.1) is 0 Å². The highest BCUT2D eigenvalue weighted by Gasteiger charge is 2.33. The van der Waals surface area contributed by atoms with E-state index in [2.05, 4.69) is 0 Å². The van der Waals surface area contributed by atoms with Crippen molar-refractivity contribution in [1.82, 2.24) is 0 Å². The zero-order valence-corrected chi connectivity index (χ0v) is 11.7. The number of Topliss-reactive ketones (excluding diaryl/α,β-unsaturated/α-hetero) is 1. The van der Waals surface area contributed by atoms with E-state index >= 15 is 0 Å². The molecule has 0 bridgehead atoms. The summed E-state index contributed by atoms with van der Waals surface area (Å²) >= 11 is 0. The van der Waals surface area contributed by atoms with Crippen molar-refractivity contribution in [2.45, 2.75) is 19.4 Å². The van der Waals surface area contributed by atoms with Crippen LogP contribution in [0.5, 0.6) is 28.7 Å². The largest absolute Gasteiger partial charge is 0.508 e. The first kappa shape index (κ1) is 14.1. The molecule has 0 aliphatic carbocycles. The van der Waals surface area contributed by atoms with Gasteiger partial charge < -0.3 is 25.2 Å². The Morgan fingerprint density at radius 2 is 1.64 bits per heavy atom. The minimum absolute atomic E-state index is 0.0185. The van der Waals surface area contributed by atoms with Gasteiger partial charge >= 0.3 is 0 Å². The van der Waals surface area contributed by atoms with E-state index in [9.17, 15) is 25.2 Å². The second-order valence-corrected chi connectivity index (χ2v) is 5.27. The normalized spacial score (nSPS) is 17.0. The number of hydrogen-bond donors (Lipinski definition) is 4. The zero-order valence-electron chi connectivity index (χ0n) is 11.7. The molecule has 0 radical (unpaired) electrons. The lowest BCUT2D eigenvalue weighted by Crippen LogP contribution is -2.21. The Morgan fingerprint density at radius 3 is 2.32 bits per heavy atom. The Morgan fingerprint density at radius 1 is 1.00 bits per heavy atom. The Hall–Kier alpha value is -2.89. The fraction of sp³-hybridized carbons (Fsp3) is 0.188. The lowest BCUT2D eigenvalue weighted by molar-refractivity contribution is 0.0841. The van der Waals surface area contributed by atoms with Gasteiger partial charge in [-0.1, -0.05) is 0 Å². The van der Waals surface area contributed by atoms with Gasteiger partial charge in [0.15, 0.2) is 5.78 Å². The van der Waals surface area contributed by atoms with Crippen molar-refractivity contribution in [1.29, 1.82) is 0 Å². The summed E-state index contributed by atoms with van der Waals surface area (Å²) in [6.07, 6.45) is -0.827. The number of aryl methyl sites for hydroxylation is 1. The summed E-state index contributed by atoms with van der Waals surface area (Å²) in [5, 5.41) is 38.8. The molecule has 6 heteroatoms. The van der Waals surface area contributed by atoms with Crippen LogP contribution >= 0.6 is 0 Å². The molecule has 2 aromatic carbocycles. The number of carbonyl (C=O) groups is 1. The molecule has 0 fully saturated rings. The standard InChI is InChI=1S/C16H14O6/c1-7-2-8(17)3-10(19)15(7)14-6-12(21)16-11(20)4-9(18)5-13(16)22-14/h2-5,14,17-20H,6H2,1H3. The molecule has 0 saturated heterocycles. The van der Waals surface area contributed by atoms with Gasteiger partial charge in [0.2, 0.25) is 0 Å². The van der Waals surface area contributed by atoms with Gasteiger partial charge in [0, 0.05) is 23.8 Å². The number of benzene rings is 2. The first-order valence-corrected chi connectivity index (χ1v) is 6.65. The topological polar surface area (TPSA) is 107 Å². The first-order valence-electron chi connectivity index (χ1n) is 6.65. The third-order valence-corrected chi connectivity index (χ3v) is 3.66. The molecule has 1 atom stereocenters. The van der Waals surface area contributed by atoms with E-state index in [1.54, 1.807) is 6.92 Å². The van der Waals surface area contributed by atoms with Crippen molar-refractivity contribution in [2.24, 2.45) is 0 Å². The zero-order chi connectivity index (χ0) is 16.0. The van der Waals surface area contributed by atoms with Crippen molar-refractivity contribution in [3.8, 4) is 28.7 Å². The van der Waals surface area contributed by atoms with E-state index in [0.29, 0.717) is 11.1 Å². The van der Waals surface area contributed by atoms with Gasteiger partial charge in [0.1, 0.15) is 40.4 Å². The van der Waals surface area contributed by atoms with Crippen LogP contribution in [0.3, 0.4) is 0 Å². The number of phenolic OH excluding ortho intramolecular Hbond substituents is 4. The molecule has 0 spiro atoms. The number of fused-ring (bicyclic) bond motifs is 1. The molecule has 0 aromatic heterocycles. The lowest BCUT2D eigenvalue weighted by atomic mass is 9.92. The highest BCUT2D eigenvalue weighted by Crippen LogP contribution is 2.44. The van der Waals surface area contributed by atoms with Crippen LogP contribution in [0.2, 0.25) is 0 Å². The summed E-state index contributed by atoms with van der Waals surface area (Å²) < 4.78 is 5.67. The fourth-order valence-corrected chi connectivity index (χ4v) is 2.77. The molecule has 4 N–H and O–H groups in total. The maximum absolute atomic E-state index is 12.2. The van der Waals surface area contributed by atoms with Crippen LogP contribution in [-0.4, -0.2) is 26.2 Å². The molecule has 6 nitrogen and oxygen atoms in total. The van der Waals surface area contributed by atoms with Gasteiger partial charge in [-0.05, 0) is 18.6 Å². The van der Waals surface area contributed by atoms with Crippen LogP contribution in [0.15, 0.2) is 24.3 Å². The van der Waals surface area contributed by atoms with Gasteiger partial charge in [-0.25, -0.2) is 0 Å². The van der Waals surface area contributed by atoms with Crippen molar-refractivity contribution < 1.29 is 30.0 Å².